The Bertz CT molecular complexity index is 634. The summed E-state index contributed by atoms with van der Waals surface area (Å²) in [6.45, 7) is 3.39. The van der Waals surface area contributed by atoms with Crippen LogP contribution in [0.4, 0.5) is 0 Å². The third-order valence-corrected chi connectivity index (χ3v) is 4.46. The van der Waals surface area contributed by atoms with E-state index in [1.54, 1.807) is 19.5 Å². The van der Waals surface area contributed by atoms with Gasteiger partial charge in [0.2, 0.25) is 5.89 Å². The first-order valence-corrected chi connectivity index (χ1v) is 8.26. The number of piperidine rings is 1. The smallest absolute Gasteiger partial charge is 0.231 e. The summed E-state index contributed by atoms with van der Waals surface area (Å²) < 4.78 is 10.5. The van der Waals surface area contributed by atoms with Crippen molar-refractivity contribution in [2.24, 2.45) is 0 Å². The molecule has 0 spiro atoms. The van der Waals surface area contributed by atoms with Gasteiger partial charge in [0.1, 0.15) is 0 Å². The van der Waals surface area contributed by atoms with Crippen molar-refractivity contribution >= 4 is 11.6 Å². The first kappa shape index (κ1) is 16.4. The van der Waals surface area contributed by atoms with Crippen LogP contribution in [-0.2, 0) is 17.7 Å². The van der Waals surface area contributed by atoms with Gasteiger partial charge in [0, 0.05) is 39.0 Å². The minimum Gasteiger partial charge on any atom is -0.384 e. The second-order valence-corrected chi connectivity index (χ2v) is 6.24. The molecule has 7 heteroatoms. The van der Waals surface area contributed by atoms with Crippen LogP contribution >= 0.6 is 11.6 Å². The molecule has 1 aliphatic heterocycles. The zero-order valence-corrected chi connectivity index (χ0v) is 14.0. The molecule has 1 saturated heterocycles. The number of aromatic nitrogens is 3. The standard InChI is InChI=1S/C16H21ClN4O2/c1-22-8-5-15-19-16(23-20-15)13-3-2-7-21(11-13)10-12-4-6-18-9-14(12)17/h4,6,9,13H,2-3,5,7-8,10-11H2,1H3/t13-/m0/s1. The Morgan fingerprint density at radius 2 is 2.39 bits per heavy atom. The molecule has 1 atom stereocenters. The maximum Gasteiger partial charge on any atom is 0.231 e. The molecule has 23 heavy (non-hydrogen) atoms. The van der Waals surface area contributed by atoms with Crippen LogP contribution < -0.4 is 0 Å². The summed E-state index contributed by atoms with van der Waals surface area (Å²) in [5.74, 6) is 1.74. The van der Waals surface area contributed by atoms with Crippen LogP contribution in [0.3, 0.4) is 0 Å². The average molecular weight is 337 g/mol. The van der Waals surface area contributed by atoms with Gasteiger partial charge in [-0.1, -0.05) is 16.8 Å². The van der Waals surface area contributed by atoms with Crippen molar-refractivity contribution in [2.45, 2.75) is 31.7 Å². The topological polar surface area (TPSA) is 64.3 Å². The quantitative estimate of drug-likeness (QED) is 0.808. The fourth-order valence-electron chi connectivity index (χ4n) is 2.90. The number of halogens is 1. The van der Waals surface area contributed by atoms with Crippen molar-refractivity contribution in [3.05, 3.63) is 40.8 Å². The van der Waals surface area contributed by atoms with Crippen LogP contribution in [0.2, 0.25) is 5.02 Å². The van der Waals surface area contributed by atoms with E-state index in [0.717, 1.165) is 49.8 Å². The van der Waals surface area contributed by atoms with Crippen molar-refractivity contribution in [1.82, 2.24) is 20.0 Å². The normalized spacial score (nSPS) is 19.1. The predicted octanol–water partition coefficient (Wildman–Crippen LogP) is 2.69. The van der Waals surface area contributed by atoms with Gasteiger partial charge in [-0.05, 0) is 31.0 Å². The lowest BCUT2D eigenvalue weighted by Crippen LogP contribution is -2.34. The third-order valence-electron chi connectivity index (χ3n) is 4.12. The SMILES string of the molecule is COCCc1noc([C@H]2CCCN(Cc3ccncc3Cl)C2)n1. The highest BCUT2D eigenvalue weighted by molar-refractivity contribution is 6.31. The minimum atomic E-state index is 0.285. The molecule has 0 radical (unpaired) electrons. The molecular formula is C16H21ClN4O2. The third kappa shape index (κ3) is 4.28. The molecule has 124 valence electrons. The number of methoxy groups -OCH3 is 1. The highest BCUT2D eigenvalue weighted by Crippen LogP contribution is 2.27. The number of ether oxygens (including phenoxy) is 1. The van der Waals surface area contributed by atoms with Gasteiger partial charge in [-0.3, -0.25) is 9.88 Å². The molecule has 3 heterocycles. The van der Waals surface area contributed by atoms with E-state index in [2.05, 4.69) is 20.0 Å². The molecule has 2 aromatic rings. The Balaban J connectivity index is 1.62. The molecule has 0 bridgehead atoms. The van der Waals surface area contributed by atoms with Gasteiger partial charge in [-0.2, -0.15) is 4.98 Å². The largest absolute Gasteiger partial charge is 0.384 e. The number of hydrogen-bond donors (Lipinski definition) is 0. The van der Waals surface area contributed by atoms with E-state index in [0.29, 0.717) is 18.1 Å². The number of nitrogens with zero attached hydrogens (tertiary/aromatic N) is 4. The van der Waals surface area contributed by atoms with E-state index in [-0.39, 0.29) is 5.92 Å². The second-order valence-electron chi connectivity index (χ2n) is 5.83. The number of rotatable bonds is 6. The maximum atomic E-state index is 6.21. The molecule has 2 aromatic heterocycles. The van der Waals surface area contributed by atoms with Crippen LogP contribution in [0.1, 0.15) is 36.0 Å². The van der Waals surface area contributed by atoms with Crippen molar-refractivity contribution in [3.8, 4) is 0 Å². The van der Waals surface area contributed by atoms with E-state index >= 15 is 0 Å². The van der Waals surface area contributed by atoms with Crippen LogP contribution in [0, 0.1) is 0 Å². The zero-order chi connectivity index (χ0) is 16.1. The Hall–Kier alpha value is -1.50. The number of hydrogen-bond acceptors (Lipinski definition) is 6. The van der Waals surface area contributed by atoms with Gasteiger partial charge in [0.15, 0.2) is 5.82 Å². The Kier molecular flexibility index (Phi) is 5.59. The fourth-order valence-corrected chi connectivity index (χ4v) is 3.08. The molecular weight excluding hydrogens is 316 g/mol. The van der Waals surface area contributed by atoms with E-state index in [1.807, 2.05) is 6.07 Å². The molecule has 3 rings (SSSR count). The molecule has 1 fully saturated rings. The summed E-state index contributed by atoms with van der Waals surface area (Å²) in [4.78, 5) is 10.9. The summed E-state index contributed by atoms with van der Waals surface area (Å²) >= 11 is 6.21. The summed E-state index contributed by atoms with van der Waals surface area (Å²) in [6.07, 6.45) is 6.35. The summed E-state index contributed by atoms with van der Waals surface area (Å²) in [5, 5.41) is 4.75. The van der Waals surface area contributed by atoms with E-state index < -0.39 is 0 Å². The van der Waals surface area contributed by atoms with Crippen molar-refractivity contribution in [3.63, 3.8) is 0 Å². The van der Waals surface area contributed by atoms with Crippen LogP contribution in [0.25, 0.3) is 0 Å². The lowest BCUT2D eigenvalue weighted by atomic mass is 9.97. The van der Waals surface area contributed by atoms with Crippen molar-refractivity contribution in [1.29, 1.82) is 0 Å². The van der Waals surface area contributed by atoms with Gasteiger partial charge in [-0.25, -0.2) is 0 Å². The molecule has 0 unspecified atom stereocenters. The highest BCUT2D eigenvalue weighted by atomic mass is 35.5. The van der Waals surface area contributed by atoms with Crippen molar-refractivity contribution < 1.29 is 9.26 Å². The van der Waals surface area contributed by atoms with Gasteiger partial charge < -0.3 is 9.26 Å². The number of likely N-dealkylation sites (tertiary alicyclic amines) is 1. The Morgan fingerprint density at radius 3 is 3.22 bits per heavy atom. The van der Waals surface area contributed by atoms with E-state index in [4.69, 9.17) is 20.9 Å². The first-order valence-electron chi connectivity index (χ1n) is 7.88. The lowest BCUT2D eigenvalue weighted by Gasteiger charge is -2.31. The summed E-state index contributed by atoms with van der Waals surface area (Å²) in [6, 6.07) is 1.97. The van der Waals surface area contributed by atoms with Gasteiger partial charge in [-0.15, -0.1) is 0 Å². The Labute approximate surface area is 140 Å². The van der Waals surface area contributed by atoms with Crippen LogP contribution in [0.15, 0.2) is 23.0 Å². The van der Waals surface area contributed by atoms with Crippen molar-refractivity contribution in [2.75, 3.05) is 26.8 Å². The van der Waals surface area contributed by atoms with E-state index in [1.165, 1.54) is 0 Å². The fraction of sp³-hybridized carbons (Fsp3) is 0.562. The average Bonchev–Trinajstić information content (AvgIpc) is 3.04. The van der Waals surface area contributed by atoms with E-state index in [9.17, 15) is 0 Å². The molecule has 0 amide bonds. The predicted molar refractivity (Wildman–Crippen MR) is 86.4 cm³/mol. The lowest BCUT2D eigenvalue weighted by molar-refractivity contribution is 0.180. The molecule has 0 aliphatic carbocycles. The molecule has 1 aliphatic rings. The van der Waals surface area contributed by atoms with Gasteiger partial charge in [0.05, 0.1) is 17.5 Å². The highest BCUT2D eigenvalue weighted by Gasteiger charge is 2.26. The van der Waals surface area contributed by atoms with Gasteiger partial charge in [0.25, 0.3) is 0 Å². The van der Waals surface area contributed by atoms with Crippen LogP contribution in [-0.4, -0.2) is 46.8 Å². The molecule has 6 nitrogen and oxygen atoms in total. The van der Waals surface area contributed by atoms with Crippen LogP contribution in [0.5, 0.6) is 0 Å². The molecule has 0 N–H and O–H groups in total. The summed E-state index contributed by atoms with van der Waals surface area (Å²) in [7, 11) is 1.67. The molecule has 0 saturated carbocycles. The Morgan fingerprint density at radius 1 is 1.48 bits per heavy atom. The minimum absolute atomic E-state index is 0.285. The number of pyridine rings is 1. The molecule has 0 aromatic carbocycles. The maximum absolute atomic E-state index is 6.21. The first-order chi connectivity index (χ1) is 11.3. The monoisotopic (exact) mass is 336 g/mol. The summed E-state index contributed by atoms with van der Waals surface area (Å²) in [5.41, 5.74) is 1.11. The second kappa shape index (κ2) is 7.86. The zero-order valence-electron chi connectivity index (χ0n) is 13.2. The van der Waals surface area contributed by atoms with Gasteiger partial charge >= 0.3 is 0 Å².